The number of nitrogens with zero attached hydrogens (tertiary/aromatic N) is 1. The summed E-state index contributed by atoms with van der Waals surface area (Å²) in [6.07, 6.45) is 8.20. The van der Waals surface area contributed by atoms with Crippen LogP contribution >= 0.6 is 0 Å². The summed E-state index contributed by atoms with van der Waals surface area (Å²) in [4.78, 5) is 2.84. The molecule has 1 N–H and O–H groups in total. The topological polar surface area (TPSA) is 24.5 Å². The Morgan fingerprint density at radius 3 is 2.39 bits per heavy atom. The minimum atomic E-state index is 0.619. The van der Waals surface area contributed by atoms with Gasteiger partial charge in [0.1, 0.15) is 0 Å². The van der Waals surface area contributed by atoms with Gasteiger partial charge in [-0.05, 0) is 112 Å². The van der Waals surface area contributed by atoms with Crippen LogP contribution in [0.2, 0.25) is 0 Å². The van der Waals surface area contributed by atoms with E-state index in [0.29, 0.717) is 11.3 Å². The molecule has 1 saturated carbocycles. The first kappa shape index (κ1) is 19.1. The smallest absolute Gasteiger partial charge is 0.0535 e. The SMILES string of the molecule is Cc1cc(C2CCN([C@@H]3CCC4(CNC4)C3)CC2)c(C2CCOC2)c(C)c1C. The molecule has 0 aromatic heterocycles. The summed E-state index contributed by atoms with van der Waals surface area (Å²) in [6, 6.07) is 3.40. The highest BCUT2D eigenvalue weighted by Crippen LogP contribution is 2.45. The number of benzene rings is 1. The largest absolute Gasteiger partial charge is 0.381 e. The van der Waals surface area contributed by atoms with Gasteiger partial charge in [-0.3, -0.25) is 0 Å². The highest BCUT2D eigenvalue weighted by atomic mass is 16.5. The van der Waals surface area contributed by atoms with E-state index < -0.39 is 0 Å². The number of piperidine rings is 1. The third kappa shape index (κ3) is 3.24. The summed E-state index contributed by atoms with van der Waals surface area (Å²) in [6.45, 7) is 14.0. The van der Waals surface area contributed by atoms with Crippen molar-refractivity contribution < 1.29 is 4.74 Å². The van der Waals surface area contributed by atoms with Crippen LogP contribution in [-0.4, -0.2) is 50.3 Å². The van der Waals surface area contributed by atoms with Crippen LogP contribution in [0.4, 0.5) is 0 Å². The molecule has 3 heteroatoms. The minimum absolute atomic E-state index is 0.619. The summed E-state index contributed by atoms with van der Waals surface area (Å²) in [5.74, 6) is 1.36. The van der Waals surface area contributed by atoms with Crippen molar-refractivity contribution in [3.63, 3.8) is 0 Å². The Labute approximate surface area is 171 Å². The molecule has 3 heterocycles. The third-order valence-corrected chi connectivity index (χ3v) is 8.74. The van der Waals surface area contributed by atoms with Crippen molar-refractivity contribution >= 4 is 0 Å². The Bertz CT molecular complexity index is 725. The van der Waals surface area contributed by atoms with Crippen LogP contribution in [-0.2, 0) is 4.74 Å². The molecule has 28 heavy (non-hydrogen) atoms. The van der Waals surface area contributed by atoms with Gasteiger partial charge in [0, 0.05) is 31.7 Å². The van der Waals surface area contributed by atoms with Crippen molar-refractivity contribution in [2.24, 2.45) is 5.41 Å². The summed E-state index contributed by atoms with van der Waals surface area (Å²) >= 11 is 0. The zero-order valence-corrected chi connectivity index (χ0v) is 18.2. The number of hydrogen-bond donors (Lipinski definition) is 1. The second-order valence-electron chi connectivity index (χ2n) is 10.3. The fraction of sp³-hybridized carbons (Fsp3) is 0.760. The fourth-order valence-electron chi connectivity index (χ4n) is 6.64. The monoisotopic (exact) mass is 382 g/mol. The molecule has 2 atom stereocenters. The number of nitrogens with one attached hydrogen (secondary N) is 1. The lowest BCUT2D eigenvalue weighted by atomic mass is 9.77. The van der Waals surface area contributed by atoms with Crippen LogP contribution in [0.15, 0.2) is 6.07 Å². The van der Waals surface area contributed by atoms with E-state index in [1.807, 2.05) is 0 Å². The first-order valence-corrected chi connectivity index (χ1v) is 11.7. The van der Waals surface area contributed by atoms with E-state index in [1.165, 1.54) is 75.8 Å². The predicted molar refractivity (Wildman–Crippen MR) is 115 cm³/mol. The van der Waals surface area contributed by atoms with Crippen LogP contribution in [0, 0.1) is 26.2 Å². The van der Waals surface area contributed by atoms with Gasteiger partial charge >= 0.3 is 0 Å². The lowest BCUT2D eigenvalue weighted by molar-refractivity contribution is 0.120. The first-order valence-electron chi connectivity index (χ1n) is 11.7. The van der Waals surface area contributed by atoms with E-state index >= 15 is 0 Å². The molecule has 0 radical (unpaired) electrons. The average molecular weight is 383 g/mol. The number of aryl methyl sites for hydroxylation is 1. The lowest BCUT2D eigenvalue weighted by Gasteiger charge is -2.42. The maximum absolute atomic E-state index is 5.79. The predicted octanol–water partition coefficient (Wildman–Crippen LogP) is 4.44. The van der Waals surface area contributed by atoms with Crippen molar-refractivity contribution in [1.82, 2.24) is 10.2 Å². The Hall–Kier alpha value is -0.900. The molecule has 1 unspecified atom stereocenters. The Morgan fingerprint density at radius 2 is 1.79 bits per heavy atom. The van der Waals surface area contributed by atoms with Crippen molar-refractivity contribution in [3.8, 4) is 0 Å². The normalized spacial score (nSPS) is 30.8. The van der Waals surface area contributed by atoms with Crippen LogP contribution in [0.1, 0.15) is 78.2 Å². The van der Waals surface area contributed by atoms with E-state index in [4.69, 9.17) is 4.74 Å². The quantitative estimate of drug-likeness (QED) is 0.836. The summed E-state index contributed by atoms with van der Waals surface area (Å²) in [5.41, 5.74) is 8.51. The fourth-order valence-corrected chi connectivity index (χ4v) is 6.64. The molecule has 1 aromatic rings. The maximum atomic E-state index is 5.79. The zero-order valence-electron chi connectivity index (χ0n) is 18.2. The number of hydrogen-bond acceptors (Lipinski definition) is 3. The molecule has 5 rings (SSSR count). The maximum Gasteiger partial charge on any atom is 0.0535 e. The van der Waals surface area contributed by atoms with Crippen LogP contribution in [0.3, 0.4) is 0 Å². The molecule has 4 aliphatic rings. The number of rotatable bonds is 3. The van der Waals surface area contributed by atoms with Gasteiger partial charge in [-0.1, -0.05) is 6.07 Å². The Kier molecular flexibility index (Phi) is 5.05. The van der Waals surface area contributed by atoms with Crippen LogP contribution < -0.4 is 5.32 Å². The Balaban J connectivity index is 1.32. The minimum Gasteiger partial charge on any atom is -0.381 e. The highest BCUT2D eigenvalue weighted by molar-refractivity contribution is 5.48. The van der Waals surface area contributed by atoms with Gasteiger partial charge in [0.25, 0.3) is 0 Å². The highest BCUT2D eigenvalue weighted by Gasteiger charge is 2.45. The molecule has 154 valence electrons. The van der Waals surface area contributed by atoms with E-state index in [2.05, 4.69) is 37.1 Å². The average Bonchev–Trinajstić information content (AvgIpc) is 3.36. The molecule has 1 spiro atoms. The molecular weight excluding hydrogens is 344 g/mol. The van der Waals surface area contributed by atoms with Gasteiger partial charge in [0.05, 0.1) is 6.61 Å². The van der Waals surface area contributed by atoms with Gasteiger partial charge < -0.3 is 15.0 Å². The van der Waals surface area contributed by atoms with E-state index in [0.717, 1.165) is 25.2 Å². The standard InChI is InChI=1S/C25H38N2O/c1-17-12-23(24(19(3)18(17)2)21-7-11-28-14-21)20-5-9-27(10-6-20)22-4-8-25(13-22)15-26-16-25/h12,20-22,26H,4-11,13-16H2,1-3H3/t21?,22-/m1/s1. The molecule has 0 bridgehead atoms. The van der Waals surface area contributed by atoms with Crippen molar-refractivity contribution in [2.45, 2.75) is 77.2 Å². The molecule has 3 aliphatic heterocycles. The molecule has 1 aromatic carbocycles. The third-order valence-electron chi connectivity index (χ3n) is 8.74. The zero-order chi connectivity index (χ0) is 19.3. The molecule has 4 fully saturated rings. The van der Waals surface area contributed by atoms with Gasteiger partial charge in [-0.25, -0.2) is 0 Å². The second-order valence-corrected chi connectivity index (χ2v) is 10.3. The second kappa shape index (κ2) is 7.41. The lowest BCUT2D eigenvalue weighted by Crippen LogP contribution is -2.52. The van der Waals surface area contributed by atoms with Crippen LogP contribution in [0.5, 0.6) is 0 Å². The molecule has 1 aliphatic carbocycles. The number of likely N-dealkylation sites (tertiary alicyclic amines) is 1. The van der Waals surface area contributed by atoms with Gasteiger partial charge in [0.15, 0.2) is 0 Å². The van der Waals surface area contributed by atoms with Crippen molar-refractivity contribution in [2.75, 3.05) is 39.4 Å². The van der Waals surface area contributed by atoms with Gasteiger partial charge in [-0.15, -0.1) is 0 Å². The molecular formula is C25H38N2O. The molecule has 3 saturated heterocycles. The van der Waals surface area contributed by atoms with E-state index in [1.54, 1.807) is 16.7 Å². The van der Waals surface area contributed by atoms with E-state index in [-0.39, 0.29) is 0 Å². The van der Waals surface area contributed by atoms with Crippen LogP contribution in [0.25, 0.3) is 0 Å². The molecule has 3 nitrogen and oxygen atoms in total. The first-order chi connectivity index (χ1) is 13.6. The Morgan fingerprint density at radius 1 is 1.00 bits per heavy atom. The van der Waals surface area contributed by atoms with Crippen molar-refractivity contribution in [3.05, 3.63) is 33.9 Å². The summed E-state index contributed by atoms with van der Waals surface area (Å²) < 4.78 is 5.79. The van der Waals surface area contributed by atoms with Gasteiger partial charge in [0.2, 0.25) is 0 Å². The summed E-state index contributed by atoms with van der Waals surface area (Å²) in [7, 11) is 0. The van der Waals surface area contributed by atoms with Crippen molar-refractivity contribution in [1.29, 1.82) is 0 Å². The van der Waals surface area contributed by atoms with Gasteiger partial charge in [-0.2, -0.15) is 0 Å². The summed E-state index contributed by atoms with van der Waals surface area (Å²) in [5, 5.41) is 3.52. The molecule has 0 amide bonds. The van der Waals surface area contributed by atoms with E-state index in [9.17, 15) is 0 Å². The number of ether oxygens (including phenoxy) is 1.